The Kier molecular flexibility index (Phi) is 9.85. The molecule has 14 heteroatoms. The number of carbonyl (C=O) groups is 4. The van der Waals surface area contributed by atoms with Crippen molar-refractivity contribution in [3.63, 3.8) is 0 Å². The van der Waals surface area contributed by atoms with Crippen molar-refractivity contribution in [1.82, 2.24) is 35.9 Å². The normalized spacial score (nSPS) is 14.0. The minimum absolute atomic E-state index is 0.0163. The number of hydrogen-bond acceptors (Lipinski definition) is 7. The molecule has 4 atom stereocenters. The maximum atomic E-state index is 13.7. The molecule has 0 radical (unpaired) electrons. The maximum Gasteiger partial charge on any atom is 0.326 e. The lowest BCUT2D eigenvalue weighted by Crippen LogP contribution is -2.58. The highest BCUT2D eigenvalue weighted by molar-refractivity contribution is 7.80. The molecule has 5 aromatic rings. The lowest BCUT2D eigenvalue weighted by atomic mass is 10.0. The SMILES string of the molecule is NC(Cc1cnc[nH]1)C(=O)NC(CS)C(=O)NC(Cc1c[nH]c2ccccc12)C(=O)NC(Cc1c[nH]c2ccccc12)C(=O)O. The van der Waals surface area contributed by atoms with Crippen LogP contribution in [-0.4, -0.2) is 78.7 Å². The van der Waals surface area contributed by atoms with E-state index in [-0.39, 0.29) is 25.0 Å². The summed E-state index contributed by atoms with van der Waals surface area (Å²) in [5.74, 6) is -3.25. The number of nitrogens with one attached hydrogen (secondary N) is 6. The van der Waals surface area contributed by atoms with Gasteiger partial charge in [-0.05, 0) is 23.3 Å². The number of H-pyrrole nitrogens is 3. The third-order valence-electron chi connectivity index (χ3n) is 7.59. The van der Waals surface area contributed by atoms with Crippen molar-refractivity contribution in [1.29, 1.82) is 0 Å². The van der Waals surface area contributed by atoms with E-state index in [1.807, 2.05) is 48.5 Å². The summed E-state index contributed by atoms with van der Waals surface area (Å²) in [6.07, 6.45) is 6.71. The number of amides is 3. The van der Waals surface area contributed by atoms with Gasteiger partial charge in [-0.25, -0.2) is 9.78 Å². The van der Waals surface area contributed by atoms with E-state index in [0.717, 1.165) is 32.9 Å². The molecule has 0 spiro atoms. The van der Waals surface area contributed by atoms with E-state index < -0.39 is 47.9 Å². The molecule has 0 fully saturated rings. The second-order valence-electron chi connectivity index (χ2n) is 10.7. The van der Waals surface area contributed by atoms with Gasteiger partial charge in [0, 0.05) is 71.1 Å². The predicted octanol–water partition coefficient (Wildman–Crippen LogP) is 1.20. The van der Waals surface area contributed by atoms with Gasteiger partial charge in [-0.1, -0.05) is 36.4 Å². The first kappa shape index (κ1) is 31.3. The van der Waals surface area contributed by atoms with Crippen LogP contribution in [0, 0.1) is 0 Å². The Hall–Kier alpha value is -5.08. The summed E-state index contributed by atoms with van der Waals surface area (Å²) in [4.78, 5) is 65.3. The summed E-state index contributed by atoms with van der Waals surface area (Å²) >= 11 is 4.24. The number of benzene rings is 2. The Morgan fingerprint density at radius 2 is 1.29 bits per heavy atom. The number of rotatable bonds is 14. The predicted molar refractivity (Wildman–Crippen MR) is 172 cm³/mol. The molecular weight excluding hydrogens is 596 g/mol. The number of aromatic amines is 3. The van der Waals surface area contributed by atoms with Crippen LogP contribution in [0.2, 0.25) is 0 Å². The van der Waals surface area contributed by atoms with Crippen molar-refractivity contribution < 1.29 is 24.3 Å². The molecule has 4 unspecified atom stereocenters. The minimum Gasteiger partial charge on any atom is -0.480 e. The van der Waals surface area contributed by atoms with E-state index in [9.17, 15) is 24.3 Å². The fraction of sp³-hybridized carbons (Fsp3) is 0.258. The van der Waals surface area contributed by atoms with Gasteiger partial charge in [-0.2, -0.15) is 12.6 Å². The number of nitrogens with two attached hydrogens (primary N) is 1. The number of hydrogen-bond donors (Lipinski definition) is 9. The highest BCUT2D eigenvalue weighted by Crippen LogP contribution is 2.21. The fourth-order valence-electron chi connectivity index (χ4n) is 5.19. The molecular formula is C31H34N8O5S. The molecule has 0 saturated heterocycles. The number of carboxylic acids is 1. The zero-order chi connectivity index (χ0) is 31.9. The number of aliphatic carboxylic acids is 1. The summed E-state index contributed by atoms with van der Waals surface area (Å²) < 4.78 is 0. The Morgan fingerprint density at radius 3 is 1.84 bits per heavy atom. The molecule has 2 aromatic carbocycles. The molecule has 13 nitrogen and oxygen atoms in total. The Morgan fingerprint density at radius 1 is 0.756 bits per heavy atom. The van der Waals surface area contributed by atoms with Crippen molar-refractivity contribution in [2.24, 2.45) is 5.73 Å². The van der Waals surface area contributed by atoms with Crippen molar-refractivity contribution in [3.05, 3.63) is 90.3 Å². The van der Waals surface area contributed by atoms with Crippen molar-refractivity contribution in [3.8, 4) is 0 Å². The Labute approximate surface area is 263 Å². The second kappa shape index (κ2) is 14.1. The Bertz CT molecular complexity index is 1800. The third kappa shape index (κ3) is 7.53. The van der Waals surface area contributed by atoms with Crippen LogP contribution in [0.25, 0.3) is 21.8 Å². The monoisotopic (exact) mass is 630 g/mol. The van der Waals surface area contributed by atoms with Gasteiger partial charge in [0.1, 0.15) is 18.1 Å². The van der Waals surface area contributed by atoms with E-state index in [1.54, 1.807) is 18.6 Å². The van der Waals surface area contributed by atoms with E-state index in [0.29, 0.717) is 5.69 Å². The minimum atomic E-state index is -1.28. The van der Waals surface area contributed by atoms with Crippen LogP contribution < -0.4 is 21.7 Å². The van der Waals surface area contributed by atoms with E-state index >= 15 is 0 Å². The number of fused-ring (bicyclic) bond motifs is 2. The molecule has 3 heterocycles. The second-order valence-corrected chi connectivity index (χ2v) is 11.1. The smallest absolute Gasteiger partial charge is 0.326 e. The first-order chi connectivity index (χ1) is 21.7. The van der Waals surface area contributed by atoms with Crippen LogP contribution >= 0.6 is 12.6 Å². The largest absolute Gasteiger partial charge is 0.480 e. The van der Waals surface area contributed by atoms with Gasteiger partial charge in [0.2, 0.25) is 17.7 Å². The first-order valence-corrected chi connectivity index (χ1v) is 14.9. The number of thiol groups is 1. The van der Waals surface area contributed by atoms with Gasteiger partial charge in [0.25, 0.3) is 0 Å². The van der Waals surface area contributed by atoms with Crippen LogP contribution in [0.5, 0.6) is 0 Å². The Balaban J connectivity index is 1.33. The maximum absolute atomic E-state index is 13.7. The first-order valence-electron chi connectivity index (χ1n) is 14.3. The molecule has 0 aliphatic carbocycles. The summed E-state index contributed by atoms with van der Waals surface area (Å²) in [6, 6.07) is 10.4. The average Bonchev–Trinajstić information content (AvgIpc) is 3.80. The van der Waals surface area contributed by atoms with Crippen molar-refractivity contribution in [2.75, 3.05) is 5.75 Å². The van der Waals surface area contributed by atoms with Gasteiger partial charge in [0.15, 0.2) is 0 Å². The third-order valence-corrected chi connectivity index (χ3v) is 7.96. The molecule has 0 bridgehead atoms. The van der Waals surface area contributed by atoms with Crippen LogP contribution in [0.3, 0.4) is 0 Å². The molecule has 5 rings (SSSR count). The number of imidazole rings is 1. The molecule has 0 saturated carbocycles. The van der Waals surface area contributed by atoms with Gasteiger partial charge in [0.05, 0.1) is 12.4 Å². The quantitative estimate of drug-likeness (QED) is 0.0818. The molecule has 0 aliphatic rings. The molecule has 45 heavy (non-hydrogen) atoms. The van der Waals surface area contributed by atoms with Crippen LogP contribution in [0.4, 0.5) is 0 Å². The van der Waals surface area contributed by atoms with Gasteiger partial charge < -0.3 is 41.7 Å². The number of para-hydroxylation sites is 2. The van der Waals surface area contributed by atoms with Crippen LogP contribution in [0.15, 0.2) is 73.4 Å². The fourth-order valence-corrected chi connectivity index (χ4v) is 5.45. The molecule has 234 valence electrons. The summed E-state index contributed by atoms with van der Waals surface area (Å²) in [5, 5.41) is 19.6. The number of aromatic nitrogens is 4. The standard InChI is InChI=1S/C31H34N8O5S/c32-22(11-19-14-33-16-36-19)28(40)39-27(15-45)30(42)37-25(9-17-12-34-23-7-3-1-5-20(17)23)29(41)38-26(31(43)44)10-18-13-35-24-8-4-2-6-21(18)24/h1-8,12-14,16,22,25-27,34-35,45H,9-11,15,32H2,(H,33,36)(H,37,42)(H,38,41)(H,39,40)(H,43,44). The number of nitrogens with zero attached hydrogens (tertiary/aromatic N) is 1. The highest BCUT2D eigenvalue weighted by Gasteiger charge is 2.31. The highest BCUT2D eigenvalue weighted by atomic mass is 32.1. The van der Waals surface area contributed by atoms with Gasteiger partial charge in [-0.15, -0.1) is 0 Å². The number of carbonyl (C=O) groups excluding carboxylic acids is 3. The van der Waals surface area contributed by atoms with Crippen LogP contribution in [0.1, 0.15) is 16.8 Å². The van der Waals surface area contributed by atoms with Gasteiger partial charge in [-0.3, -0.25) is 14.4 Å². The zero-order valence-corrected chi connectivity index (χ0v) is 25.0. The molecule has 0 aliphatic heterocycles. The zero-order valence-electron chi connectivity index (χ0n) is 24.1. The van der Waals surface area contributed by atoms with E-state index in [2.05, 4.69) is 48.5 Å². The topological polar surface area (TPSA) is 211 Å². The van der Waals surface area contributed by atoms with Crippen molar-refractivity contribution >= 4 is 58.1 Å². The summed E-state index contributed by atoms with van der Waals surface area (Å²) in [6.45, 7) is 0. The van der Waals surface area contributed by atoms with Crippen molar-refractivity contribution in [2.45, 2.75) is 43.4 Å². The summed E-state index contributed by atoms with van der Waals surface area (Å²) in [7, 11) is 0. The molecule has 3 amide bonds. The van der Waals surface area contributed by atoms with Gasteiger partial charge >= 0.3 is 5.97 Å². The average molecular weight is 631 g/mol. The van der Waals surface area contributed by atoms with Crippen LogP contribution in [-0.2, 0) is 38.4 Å². The summed E-state index contributed by atoms with van der Waals surface area (Å²) in [5.41, 5.74) is 9.83. The lowest BCUT2D eigenvalue weighted by molar-refractivity contribution is -0.142. The van der Waals surface area contributed by atoms with E-state index in [4.69, 9.17) is 5.73 Å². The lowest BCUT2D eigenvalue weighted by Gasteiger charge is -2.24. The molecule has 3 aromatic heterocycles. The molecule has 9 N–H and O–H groups in total. The number of carboxylic acid groups (broad SMARTS) is 1. The van der Waals surface area contributed by atoms with E-state index in [1.165, 1.54) is 6.33 Å².